The van der Waals surface area contributed by atoms with Gasteiger partial charge in [0, 0.05) is 36.1 Å². The van der Waals surface area contributed by atoms with Gasteiger partial charge in [-0.2, -0.15) is 11.8 Å². The van der Waals surface area contributed by atoms with Crippen LogP contribution in [-0.4, -0.2) is 40.9 Å². The van der Waals surface area contributed by atoms with Crippen LogP contribution in [0.3, 0.4) is 0 Å². The van der Waals surface area contributed by atoms with E-state index in [0.29, 0.717) is 11.3 Å². The zero-order valence-electron chi connectivity index (χ0n) is 11.2. The Morgan fingerprint density at radius 2 is 2.06 bits per heavy atom. The lowest BCUT2D eigenvalue weighted by Gasteiger charge is -2.45. The monoisotopic (exact) mass is 292 g/mol. The van der Waals surface area contributed by atoms with Crippen LogP contribution >= 0.6 is 24.2 Å². The third-order valence-corrected chi connectivity index (χ3v) is 5.64. The highest BCUT2D eigenvalue weighted by Crippen LogP contribution is 2.42. The molecule has 0 aromatic carbocycles. The summed E-state index contributed by atoms with van der Waals surface area (Å²) in [6.45, 7) is 4.28. The number of nitrogens with two attached hydrogens (primary N) is 1. The Morgan fingerprint density at radius 3 is 2.67 bits per heavy atom. The number of nitrogens with zero attached hydrogens (tertiary/aromatic N) is 1. The summed E-state index contributed by atoms with van der Waals surface area (Å²) in [7, 11) is 0. The van der Waals surface area contributed by atoms with E-state index >= 15 is 0 Å². The first-order valence-corrected chi connectivity index (χ1v) is 7.78. The van der Waals surface area contributed by atoms with E-state index in [1.54, 1.807) is 0 Å². The van der Waals surface area contributed by atoms with Crippen LogP contribution in [0.5, 0.6) is 0 Å². The van der Waals surface area contributed by atoms with E-state index in [1.165, 1.54) is 32.1 Å². The highest BCUT2D eigenvalue weighted by molar-refractivity contribution is 8.00. The van der Waals surface area contributed by atoms with Crippen LogP contribution in [0.1, 0.15) is 39.0 Å². The van der Waals surface area contributed by atoms with Gasteiger partial charge in [0.25, 0.3) is 0 Å². The summed E-state index contributed by atoms with van der Waals surface area (Å²) in [4.78, 5) is 14.3. The van der Waals surface area contributed by atoms with E-state index in [9.17, 15) is 4.79 Å². The predicted octanol–water partition coefficient (Wildman–Crippen LogP) is 2.28. The topological polar surface area (TPSA) is 46.3 Å². The average molecular weight is 293 g/mol. The third kappa shape index (κ3) is 3.55. The number of rotatable bonds is 2. The maximum Gasteiger partial charge on any atom is 0.226 e. The highest BCUT2D eigenvalue weighted by Gasteiger charge is 2.39. The predicted molar refractivity (Wildman–Crippen MR) is 80.3 cm³/mol. The van der Waals surface area contributed by atoms with Crippen molar-refractivity contribution < 1.29 is 4.79 Å². The fourth-order valence-corrected chi connectivity index (χ4v) is 4.51. The Balaban J connectivity index is 0.00000162. The summed E-state index contributed by atoms with van der Waals surface area (Å²) in [5, 5.41) is 0. The normalized spacial score (nSPS) is 24.4. The molecule has 1 saturated carbocycles. The Bertz CT molecular complexity index is 277. The Kier molecular flexibility index (Phi) is 6.28. The zero-order chi connectivity index (χ0) is 12.3. The molecule has 0 bridgehead atoms. The second-order valence-corrected chi connectivity index (χ2v) is 7.05. The van der Waals surface area contributed by atoms with E-state index in [2.05, 4.69) is 16.7 Å². The molecule has 106 valence electrons. The van der Waals surface area contributed by atoms with Gasteiger partial charge in [-0.1, -0.05) is 26.2 Å². The van der Waals surface area contributed by atoms with E-state index in [1.807, 2.05) is 6.92 Å². The first-order valence-electron chi connectivity index (χ1n) is 6.80. The third-order valence-electron chi connectivity index (χ3n) is 4.10. The van der Waals surface area contributed by atoms with Crippen LogP contribution in [0.4, 0.5) is 0 Å². The van der Waals surface area contributed by atoms with Crippen molar-refractivity contribution in [3.8, 4) is 0 Å². The first-order chi connectivity index (χ1) is 8.17. The van der Waals surface area contributed by atoms with Gasteiger partial charge in [0.1, 0.15) is 0 Å². The lowest BCUT2D eigenvalue weighted by Crippen LogP contribution is -2.51. The molecule has 2 aliphatic rings. The van der Waals surface area contributed by atoms with E-state index in [-0.39, 0.29) is 24.2 Å². The standard InChI is InChI=1S/C13H24N2OS.ClH/c1-11(9-14)12(16)15-7-8-17-13(10-15)5-3-2-4-6-13;/h11H,2-10,14H2,1H3;1H. The summed E-state index contributed by atoms with van der Waals surface area (Å²) >= 11 is 2.10. The summed E-state index contributed by atoms with van der Waals surface area (Å²) < 4.78 is 0.375. The molecule has 1 atom stereocenters. The van der Waals surface area contributed by atoms with Crippen molar-refractivity contribution in [3.05, 3.63) is 0 Å². The van der Waals surface area contributed by atoms with Crippen molar-refractivity contribution in [2.75, 3.05) is 25.4 Å². The molecule has 2 N–H and O–H groups in total. The van der Waals surface area contributed by atoms with Crippen molar-refractivity contribution in [2.24, 2.45) is 11.7 Å². The number of carbonyl (C=O) groups excluding carboxylic acids is 1. The van der Waals surface area contributed by atoms with Crippen molar-refractivity contribution >= 4 is 30.1 Å². The number of hydrogen-bond donors (Lipinski definition) is 1. The molecule has 1 saturated heterocycles. The fraction of sp³-hybridized carbons (Fsp3) is 0.923. The molecule has 0 aromatic rings. The van der Waals surface area contributed by atoms with Crippen molar-refractivity contribution in [2.45, 2.75) is 43.8 Å². The van der Waals surface area contributed by atoms with Crippen LogP contribution < -0.4 is 5.73 Å². The summed E-state index contributed by atoms with van der Waals surface area (Å²) in [6, 6.07) is 0. The van der Waals surface area contributed by atoms with Gasteiger partial charge in [-0.05, 0) is 12.8 Å². The number of carbonyl (C=O) groups is 1. The molecular formula is C13H25ClN2OS. The van der Waals surface area contributed by atoms with Crippen molar-refractivity contribution in [1.82, 2.24) is 4.90 Å². The molecule has 1 heterocycles. The van der Waals surface area contributed by atoms with E-state index < -0.39 is 0 Å². The molecule has 0 radical (unpaired) electrons. The summed E-state index contributed by atoms with van der Waals surface area (Å²) in [5.74, 6) is 1.35. The number of thioether (sulfide) groups is 1. The molecule has 2 rings (SSSR count). The number of amides is 1. The van der Waals surface area contributed by atoms with Crippen molar-refractivity contribution in [3.63, 3.8) is 0 Å². The molecule has 0 aromatic heterocycles. The van der Waals surface area contributed by atoms with Crippen LogP contribution in [0.2, 0.25) is 0 Å². The van der Waals surface area contributed by atoms with Gasteiger partial charge in [0.2, 0.25) is 5.91 Å². The van der Waals surface area contributed by atoms with Crippen LogP contribution in [-0.2, 0) is 4.79 Å². The molecular weight excluding hydrogens is 268 g/mol. The first kappa shape index (κ1) is 16.1. The fourth-order valence-electron chi connectivity index (χ4n) is 2.94. The quantitative estimate of drug-likeness (QED) is 0.849. The van der Waals surface area contributed by atoms with Crippen molar-refractivity contribution in [1.29, 1.82) is 0 Å². The van der Waals surface area contributed by atoms with Gasteiger partial charge < -0.3 is 10.6 Å². The maximum absolute atomic E-state index is 12.2. The van der Waals surface area contributed by atoms with Gasteiger partial charge in [-0.25, -0.2) is 0 Å². The average Bonchev–Trinajstić information content (AvgIpc) is 2.38. The molecule has 5 heteroatoms. The largest absolute Gasteiger partial charge is 0.340 e. The Labute approximate surface area is 121 Å². The summed E-state index contributed by atoms with van der Waals surface area (Å²) in [5.41, 5.74) is 5.60. The second kappa shape index (κ2) is 7.01. The molecule has 1 aliphatic heterocycles. The molecule has 2 fully saturated rings. The highest BCUT2D eigenvalue weighted by atomic mass is 35.5. The maximum atomic E-state index is 12.2. The minimum absolute atomic E-state index is 0. The van der Waals surface area contributed by atoms with Crippen LogP contribution in [0, 0.1) is 5.92 Å². The molecule has 1 aliphatic carbocycles. The molecule has 3 nitrogen and oxygen atoms in total. The van der Waals surface area contributed by atoms with E-state index in [4.69, 9.17) is 5.73 Å². The van der Waals surface area contributed by atoms with Crippen LogP contribution in [0.15, 0.2) is 0 Å². The van der Waals surface area contributed by atoms with E-state index in [0.717, 1.165) is 18.8 Å². The lowest BCUT2D eigenvalue weighted by molar-refractivity contribution is -0.135. The smallest absolute Gasteiger partial charge is 0.226 e. The van der Waals surface area contributed by atoms with Gasteiger partial charge >= 0.3 is 0 Å². The van der Waals surface area contributed by atoms with Gasteiger partial charge in [-0.15, -0.1) is 12.4 Å². The number of halogens is 1. The SMILES string of the molecule is CC(CN)C(=O)N1CCSC2(CCCCC2)C1.Cl. The molecule has 1 amide bonds. The zero-order valence-corrected chi connectivity index (χ0v) is 12.8. The van der Waals surface area contributed by atoms with Crippen LogP contribution in [0.25, 0.3) is 0 Å². The Morgan fingerprint density at radius 1 is 1.39 bits per heavy atom. The summed E-state index contributed by atoms with van der Waals surface area (Å²) in [6.07, 6.45) is 6.62. The van der Waals surface area contributed by atoms with Gasteiger partial charge in [0.15, 0.2) is 0 Å². The lowest BCUT2D eigenvalue weighted by atomic mass is 9.87. The number of hydrogen-bond acceptors (Lipinski definition) is 3. The second-order valence-electron chi connectivity index (χ2n) is 5.49. The minimum atomic E-state index is -0.0151. The molecule has 1 spiro atoms. The minimum Gasteiger partial charge on any atom is -0.340 e. The molecule has 18 heavy (non-hydrogen) atoms. The van der Waals surface area contributed by atoms with Gasteiger partial charge in [-0.3, -0.25) is 4.79 Å². The Hall–Kier alpha value is 0.0700. The van der Waals surface area contributed by atoms with Gasteiger partial charge in [0.05, 0.1) is 0 Å². The molecule has 1 unspecified atom stereocenters.